The molecular formula is C12H19NS. The molecule has 3 unspecified atom stereocenters. The molecule has 2 heteroatoms. The van der Waals surface area contributed by atoms with Crippen LogP contribution in [0.4, 0.5) is 0 Å². The molecule has 1 aliphatic rings. The number of hydrogen-bond donors (Lipinski definition) is 1. The Morgan fingerprint density at radius 1 is 1.57 bits per heavy atom. The van der Waals surface area contributed by atoms with Crippen molar-refractivity contribution in [3.63, 3.8) is 0 Å². The van der Waals surface area contributed by atoms with Gasteiger partial charge in [-0.05, 0) is 37.3 Å². The summed E-state index contributed by atoms with van der Waals surface area (Å²) in [5.74, 6) is 0.709. The lowest BCUT2D eigenvalue weighted by Gasteiger charge is -2.52. The van der Waals surface area contributed by atoms with Crippen LogP contribution in [-0.2, 0) is 0 Å². The van der Waals surface area contributed by atoms with Crippen molar-refractivity contribution in [3.05, 3.63) is 21.9 Å². The smallest absolute Gasteiger partial charge is 0.0105 e. The molecule has 0 aromatic carbocycles. The van der Waals surface area contributed by atoms with Gasteiger partial charge in [-0.2, -0.15) is 0 Å². The molecule has 1 aromatic heterocycles. The van der Waals surface area contributed by atoms with Crippen molar-refractivity contribution in [2.75, 3.05) is 0 Å². The maximum absolute atomic E-state index is 6.11. The average molecular weight is 209 g/mol. The van der Waals surface area contributed by atoms with Crippen molar-refractivity contribution in [3.8, 4) is 0 Å². The third-order valence-corrected chi connectivity index (χ3v) is 5.11. The Balaban J connectivity index is 2.22. The first-order valence-corrected chi connectivity index (χ1v) is 6.21. The van der Waals surface area contributed by atoms with Gasteiger partial charge < -0.3 is 5.73 Å². The standard InChI is InChI=1S/C12H19NS/c1-4-12(3)9(7-11(12)13)10-6-5-8(2)14-10/h5-6,9,11H,4,7,13H2,1-3H3. The Kier molecular flexibility index (Phi) is 2.44. The van der Waals surface area contributed by atoms with Crippen molar-refractivity contribution >= 4 is 11.3 Å². The summed E-state index contributed by atoms with van der Waals surface area (Å²) < 4.78 is 0. The molecule has 14 heavy (non-hydrogen) atoms. The van der Waals surface area contributed by atoms with E-state index in [4.69, 9.17) is 5.73 Å². The van der Waals surface area contributed by atoms with Crippen LogP contribution in [0.15, 0.2) is 12.1 Å². The van der Waals surface area contributed by atoms with E-state index >= 15 is 0 Å². The van der Waals surface area contributed by atoms with E-state index in [0.717, 1.165) is 0 Å². The van der Waals surface area contributed by atoms with E-state index in [1.807, 2.05) is 11.3 Å². The molecule has 0 aliphatic heterocycles. The van der Waals surface area contributed by atoms with Gasteiger partial charge in [0.2, 0.25) is 0 Å². The lowest BCUT2D eigenvalue weighted by atomic mass is 9.56. The largest absolute Gasteiger partial charge is 0.327 e. The summed E-state index contributed by atoms with van der Waals surface area (Å²) in [5, 5.41) is 0. The van der Waals surface area contributed by atoms with E-state index in [9.17, 15) is 0 Å². The SMILES string of the molecule is CCC1(C)C(N)CC1c1ccc(C)s1. The highest BCUT2D eigenvalue weighted by Gasteiger charge is 2.49. The van der Waals surface area contributed by atoms with Crippen molar-refractivity contribution in [1.82, 2.24) is 0 Å². The molecule has 1 aliphatic carbocycles. The summed E-state index contributed by atoms with van der Waals surface area (Å²) in [7, 11) is 0. The zero-order valence-corrected chi connectivity index (χ0v) is 10.0. The highest BCUT2D eigenvalue weighted by atomic mass is 32.1. The van der Waals surface area contributed by atoms with E-state index in [2.05, 4.69) is 32.9 Å². The Labute approximate surface area is 90.3 Å². The quantitative estimate of drug-likeness (QED) is 0.794. The number of rotatable bonds is 2. The molecule has 2 N–H and O–H groups in total. The second kappa shape index (κ2) is 3.35. The summed E-state index contributed by atoms with van der Waals surface area (Å²) in [5.41, 5.74) is 6.45. The van der Waals surface area contributed by atoms with Gasteiger partial charge in [0.15, 0.2) is 0 Å². The van der Waals surface area contributed by atoms with E-state index in [0.29, 0.717) is 17.4 Å². The van der Waals surface area contributed by atoms with E-state index in [1.165, 1.54) is 22.6 Å². The minimum Gasteiger partial charge on any atom is -0.327 e. The monoisotopic (exact) mass is 209 g/mol. The molecule has 2 rings (SSSR count). The Hall–Kier alpha value is -0.340. The lowest BCUT2D eigenvalue weighted by Crippen LogP contribution is -2.54. The van der Waals surface area contributed by atoms with Crippen molar-refractivity contribution < 1.29 is 0 Å². The third kappa shape index (κ3) is 1.32. The highest BCUT2D eigenvalue weighted by molar-refractivity contribution is 7.12. The fraction of sp³-hybridized carbons (Fsp3) is 0.667. The van der Waals surface area contributed by atoms with Crippen LogP contribution in [0, 0.1) is 12.3 Å². The van der Waals surface area contributed by atoms with Crippen molar-refractivity contribution in [1.29, 1.82) is 0 Å². The van der Waals surface area contributed by atoms with Gasteiger partial charge in [0.25, 0.3) is 0 Å². The van der Waals surface area contributed by atoms with Gasteiger partial charge in [-0.3, -0.25) is 0 Å². The fourth-order valence-corrected chi connectivity index (χ4v) is 3.63. The van der Waals surface area contributed by atoms with Crippen LogP contribution in [0.25, 0.3) is 0 Å². The van der Waals surface area contributed by atoms with Gasteiger partial charge in [0.05, 0.1) is 0 Å². The maximum atomic E-state index is 6.11. The molecule has 1 saturated carbocycles. The lowest BCUT2D eigenvalue weighted by molar-refractivity contribution is 0.0728. The Bertz CT molecular complexity index is 331. The Morgan fingerprint density at radius 3 is 2.71 bits per heavy atom. The van der Waals surface area contributed by atoms with E-state index in [1.54, 1.807) is 0 Å². The molecule has 0 saturated heterocycles. The summed E-state index contributed by atoms with van der Waals surface area (Å²) in [6.45, 7) is 6.77. The van der Waals surface area contributed by atoms with Crippen LogP contribution in [-0.4, -0.2) is 6.04 Å². The van der Waals surface area contributed by atoms with Crippen LogP contribution >= 0.6 is 11.3 Å². The summed E-state index contributed by atoms with van der Waals surface area (Å²) >= 11 is 1.94. The fourth-order valence-electron chi connectivity index (χ4n) is 2.48. The molecule has 0 bridgehead atoms. The molecule has 3 atom stereocenters. The highest BCUT2D eigenvalue weighted by Crippen LogP contribution is 2.55. The van der Waals surface area contributed by atoms with Gasteiger partial charge >= 0.3 is 0 Å². The first-order valence-electron chi connectivity index (χ1n) is 5.40. The summed E-state index contributed by atoms with van der Waals surface area (Å²) in [6.07, 6.45) is 2.36. The van der Waals surface area contributed by atoms with Gasteiger partial charge in [0, 0.05) is 21.7 Å². The molecule has 1 aromatic rings. The van der Waals surface area contributed by atoms with Gasteiger partial charge in [0.1, 0.15) is 0 Å². The Morgan fingerprint density at radius 2 is 2.29 bits per heavy atom. The molecule has 1 heterocycles. The minimum absolute atomic E-state index is 0.345. The van der Waals surface area contributed by atoms with Gasteiger partial charge in [-0.1, -0.05) is 13.8 Å². The van der Waals surface area contributed by atoms with Crippen LogP contribution in [0.3, 0.4) is 0 Å². The van der Waals surface area contributed by atoms with E-state index < -0.39 is 0 Å². The predicted molar refractivity (Wildman–Crippen MR) is 62.8 cm³/mol. The number of nitrogens with two attached hydrogens (primary N) is 1. The summed E-state index contributed by atoms with van der Waals surface area (Å²) in [4.78, 5) is 2.95. The molecule has 0 amide bonds. The van der Waals surface area contributed by atoms with Gasteiger partial charge in [-0.25, -0.2) is 0 Å². The van der Waals surface area contributed by atoms with Crippen molar-refractivity contribution in [2.24, 2.45) is 11.1 Å². The normalized spacial score (nSPS) is 36.9. The second-order valence-corrected chi connectivity index (χ2v) is 6.02. The van der Waals surface area contributed by atoms with Gasteiger partial charge in [-0.15, -0.1) is 11.3 Å². The first kappa shape index (κ1) is 10.2. The second-order valence-electron chi connectivity index (χ2n) is 4.70. The number of aryl methyl sites for hydroxylation is 1. The number of thiophene rings is 1. The average Bonchev–Trinajstić information content (AvgIpc) is 2.59. The zero-order valence-electron chi connectivity index (χ0n) is 9.21. The van der Waals surface area contributed by atoms with Crippen LogP contribution in [0.2, 0.25) is 0 Å². The van der Waals surface area contributed by atoms with E-state index in [-0.39, 0.29) is 0 Å². The molecule has 0 spiro atoms. The van der Waals surface area contributed by atoms with Crippen LogP contribution in [0.5, 0.6) is 0 Å². The molecule has 1 fully saturated rings. The van der Waals surface area contributed by atoms with Crippen molar-refractivity contribution in [2.45, 2.75) is 45.6 Å². The summed E-state index contributed by atoms with van der Waals surface area (Å²) in [6, 6.07) is 4.91. The molecule has 0 radical (unpaired) electrons. The topological polar surface area (TPSA) is 26.0 Å². The van der Waals surface area contributed by atoms with Crippen LogP contribution < -0.4 is 5.73 Å². The molecule has 1 nitrogen and oxygen atoms in total. The molecular weight excluding hydrogens is 190 g/mol. The predicted octanol–water partition coefficient (Wildman–Crippen LogP) is 3.29. The third-order valence-electron chi connectivity index (χ3n) is 4.00. The number of hydrogen-bond acceptors (Lipinski definition) is 2. The maximum Gasteiger partial charge on any atom is 0.0105 e. The molecule has 78 valence electrons. The van der Waals surface area contributed by atoms with Crippen LogP contribution in [0.1, 0.15) is 42.4 Å². The minimum atomic E-state index is 0.345. The zero-order chi connectivity index (χ0) is 10.3. The first-order chi connectivity index (χ1) is 6.58.